The van der Waals surface area contributed by atoms with Gasteiger partial charge in [0.15, 0.2) is 6.29 Å². The van der Waals surface area contributed by atoms with E-state index in [2.05, 4.69) is 5.48 Å². The average molecular weight is 275 g/mol. The second-order valence-electron chi connectivity index (χ2n) is 4.50. The monoisotopic (exact) mass is 275 g/mol. The average Bonchev–Trinajstić information content (AvgIpc) is 2.52. The SMILES string of the molecule is O=Cc1cccc(C=CC(=O)NOC2CCCCO2)c1. The number of carbonyl (C=O) groups excluding carboxylic acids is 2. The number of hydrogen-bond acceptors (Lipinski definition) is 4. The lowest BCUT2D eigenvalue weighted by Gasteiger charge is -2.21. The molecule has 1 unspecified atom stereocenters. The van der Waals surface area contributed by atoms with Gasteiger partial charge in [0.2, 0.25) is 0 Å². The van der Waals surface area contributed by atoms with E-state index in [0.717, 1.165) is 31.1 Å². The van der Waals surface area contributed by atoms with Gasteiger partial charge in [-0.3, -0.25) is 9.59 Å². The molecule has 1 saturated heterocycles. The quantitative estimate of drug-likeness (QED) is 0.507. The Labute approximate surface area is 117 Å². The fraction of sp³-hybridized carbons (Fsp3) is 0.333. The molecule has 20 heavy (non-hydrogen) atoms. The Morgan fingerprint density at radius 3 is 2.95 bits per heavy atom. The van der Waals surface area contributed by atoms with Gasteiger partial charge in [0.05, 0.1) is 0 Å². The van der Waals surface area contributed by atoms with Gasteiger partial charge in [-0.05, 0) is 30.5 Å². The second kappa shape index (κ2) is 7.57. The molecule has 5 heteroatoms. The Morgan fingerprint density at radius 1 is 1.35 bits per heavy atom. The highest BCUT2D eigenvalue weighted by molar-refractivity contribution is 5.91. The number of benzene rings is 1. The van der Waals surface area contributed by atoms with Gasteiger partial charge in [0, 0.05) is 24.7 Å². The van der Waals surface area contributed by atoms with Crippen LogP contribution in [0.5, 0.6) is 0 Å². The predicted molar refractivity (Wildman–Crippen MR) is 73.7 cm³/mol. The maximum Gasteiger partial charge on any atom is 0.267 e. The van der Waals surface area contributed by atoms with Gasteiger partial charge in [-0.15, -0.1) is 0 Å². The number of rotatable bonds is 5. The van der Waals surface area contributed by atoms with E-state index in [-0.39, 0.29) is 12.2 Å². The van der Waals surface area contributed by atoms with Crippen molar-refractivity contribution in [2.45, 2.75) is 25.6 Å². The van der Waals surface area contributed by atoms with Gasteiger partial charge in [-0.25, -0.2) is 10.3 Å². The van der Waals surface area contributed by atoms with E-state index >= 15 is 0 Å². The van der Waals surface area contributed by atoms with E-state index in [1.54, 1.807) is 24.3 Å². The van der Waals surface area contributed by atoms with Crippen LogP contribution in [0.15, 0.2) is 30.3 Å². The van der Waals surface area contributed by atoms with Crippen molar-refractivity contribution in [1.29, 1.82) is 0 Å². The summed E-state index contributed by atoms with van der Waals surface area (Å²) >= 11 is 0. The lowest BCUT2D eigenvalue weighted by molar-refractivity contribution is -0.198. The molecule has 0 radical (unpaired) electrons. The molecule has 0 aromatic heterocycles. The Balaban J connectivity index is 1.80. The van der Waals surface area contributed by atoms with Crippen molar-refractivity contribution in [3.05, 3.63) is 41.5 Å². The molecule has 1 aromatic carbocycles. The maximum atomic E-state index is 11.6. The van der Waals surface area contributed by atoms with Crippen LogP contribution in [0, 0.1) is 0 Å². The number of nitrogens with one attached hydrogen (secondary N) is 1. The lowest BCUT2D eigenvalue weighted by atomic mass is 10.1. The second-order valence-corrected chi connectivity index (χ2v) is 4.50. The predicted octanol–water partition coefficient (Wildman–Crippen LogP) is 2.09. The summed E-state index contributed by atoms with van der Waals surface area (Å²) in [5.74, 6) is -0.365. The van der Waals surface area contributed by atoms with Crippen LogP contribution in [0.2, 0.25) is 0 Å². The van der Waals surface area contributed by atoms with Crippen LogP contribution >= 0.6 is 0 Å². The maximum absolute atomic E-state index is 11.6. The summed E-state index contributed by atoms with van der Waals surface area (Å²) in [4.78, 5) is 27.4. The summed E-state index contributed by atoms with van der Waals surface area (Å²) in [6.45, 7) is 0.662. The first-order valence-electron chi connectivity index (χ1n) is 6.58. The van der Waals surface area contributed by atoms with Crippen molar-refractivity contribution in [1.82, 2.24) is 5.48 Å². The van der Waals surface area contributed by atoms with Gasteiger partial charge >= 0.3 is 0 Å². The zero-order valence-corrected chi connectivity index (χ0v) is 11.1. The highest BCUT2D eigenvalue weighted by Crippen LogP contribution is 2.12. The van der Waals surface area contributed by atoms with E-state index in [1.165, 1.54) is 6.08 Å². The van der Waals surface area contributed by atoms with Crippen molar-refractivity contribution < 1.29 is 19.2 Å². The van der Waals surface area contributed by atoms with Crippen molar-refractivity contribution in [3.63, 3.8) is 0 Å². The Morgan fingerprint density at radius 2 is 2.20 bits per heavy atom. The van der Waals surface area contributed by atoms with Crippen molar-refractivity contribution in [2.24, 2.45) is 0 Å². The number of hydrogen-bond donors (Lipinski definition) is 1. The van der Waals surface area contributed by atoms with E-state index in [4.69, 9.17) is 9.57 Å². The largest absolute Gasteiger partial charge is 0.350 e. The molecule has 0 aliphatic carbocycles. The van der Waals surface area contributed by atoms with Crippen LogP contribution in [-0.2, 0) is 14.4 Å². The first-order valence-corrected chi connectivity index (χ1v) is 6.58. The molecule has 1 fully saturated rings. The molecule has 1 aliphatic heterocycles. The minimum atomic E-state index is -0.365. The van der Waals surface area contributed by atoms with E-state index < -0.39 is 0 Å². The fourth-order valence-electron chi connectivity index (χ4n) is 1.87. The number of aldehydes is 1. The van der Waals surface area contributed by atoms with Crippen molar-refractivity contribution in [3.8, 4) is 0 Å². The van der Waals surface area contributed by atoms with E-state index in [1.807, 2.05) is 6.07 Å². The molecular weight excluding hydrogens is 258 g/mol. The van der Waals surface area contributed by atoms with Crippen LogP contribution < -0.4 is 5.48 Å². The van der Waals surface area contributed by atoms with E-state index in [9.17, 15) is 9.59 Å². The smallest absolute Gasteiger partial charge is 0.267 e. The van der Waals surface area contributed by atoms with Crippen LogP contribution in [0.3, 0.4) is 0 Å². The molecule has 0 spiro atoms. The van der Waals surface area contributed by atoms with Crippen LogP contribution in [0.1, 0.15) is 35.2 Å². The third-order valence-corrected chi connectivity index (χ3v) is 2.90. The highest BCUT2D eigenvalue weighted by atomic mass is 16.8. The molecular formula is C15H17NO4. The molecule has 2 rings (SSSR count). The summed E-state index contributed by atoms with van der Waals surface area (Å²) in [6, 6.07) is 6.96. The summed E-state index contributed by atoms with van der Waals surface area (Å²) in [6.07, 6.45) is 6.22. The number of hydroxylamine groups is 1. The van der Waals surface area contributed by atoms with Gasteiger partial charge in [-0.2, -0.15) is 0 Å². The molecule has 1 aliphatic rings. The third-order valence-electron chi connectivity index (χ3n) is 2.90. The Hall–Kier alpha value is -1.98. The number of carbonyl (C=O) groups is 2. The zero-order chi connectivity index (χ0) is 14.2. The van der Waals surface area contributed by atoms with Gasteiger partial charge < -0.3 is 4.74 Å². The zero-order valence-electron chi connectivity index (χ0n) is 11.1. The highest BCUT2D eigenvalue weighted by Gasteiger charge is 2.14. The molecule has 106 valence electrons. The van der Waals surface area contributed by atoms with Crippen LogP contribution in [-0.4, -0.2) is 25.1 Å². The van der Waals surface area contributed by atoms with Gasteiger partial charge in [0.25, 0.3) is 5.91 Å². The number of ether oxygens (including phenoxy) is 1. The lowest BCUT2D eigenvalue weighted by Crippen LogP contribution is -2.32. The van der Waals surface area contributed by atoms with Crippen LogP contribution in [0.25, 0.3) is 6.08 Å². The molecule has 1 atom stereocenters. The van der Waals surface area contributed by atoms with Gasteiger partial charge in [-0.1, -0.05) is 18.2 Å². The minimum absolute atomic E-state index is 0.362. The molecule has 1 amide bonds. The summed E-state index contributed by atoms with van der Waals surface area (Å²) in [7, 11) is 0. The standard InChI is InChI=1S/C15H17NO4/c17-11-13-5-3-4-12(10-13)7-8-14(18)16-20-15-6-1-2-9-19-15/h3-5,7-8,10-11,15H,1-2,6,9H2,(H,16,18). The van der Waals surface area contributed by atoms with E-state index in [0.29, 0.717) is 12.2 Å². The van der Waals surface area contributed by atoms with Gasteiger partial charge in [0.1, 0.15) is 6.29 Å². The summed E-state index contributed by atoms with van der Waals surface area (Å²) < 4.78 is 5.32. The minimum Gasteiger partial charge on any atom is -0.350 e. The third kappa shape index (κ3) is 4.60. The molecule has 0 bridgehead atoms. The van der Waals surface area contributed by atoms with Crippen LogP contribution in [0.4, 0.5) is 0 Å². The normalized spacial score (nSPS) is 18.9. The summed E-state index contributed by atoms with van der Waals surface area (Å²) in [5.41, 5.74) is 3.68. The number of amides is 1. The Bertz CT molecular complexity index is 492. The first-order chi connectivity index (χ1) is 9.78. The fourth-order valence-corrected chi connectivity index (χ4v) is 1.87. The first kappa shape index (κ1) is 14.4. The molecule has 5 nitrogen and oxygen atoms in total. The summed E-state index contributed by atoms with van der Waals surface area (Å²) in [5, 5.41) is 0. The molecule has 1 N–H and O–H groups in total. The molecule has 1 aromatic rings. The van der Waals surface area contributed by atoms with Crippen molar-refractivity contribution in [2.75, 3.05) is 6.61 Å². The molecule has 1 heterocycles. The molecule has 0 saturated carbocycles. The topological polar surface area (TPSA) is 64.6 Å². The Kier molecular flexibility index (Phi) is 5.46. The van der Waals surface area contributed by atoms with Crippen molar-refractivity contribution >= 4 is 18.3 Å².